The molecule has 0 aliphatic heterocycles. The van der Waals surface area contributed by atoms with Crippen LogP contribution in [0, 0.1) is 5.82 Å². The van der Waals surface area contributed by atoms with Crippen molar-refractivity contribution in [1.29, 1.82) is 0 Å². The monoisotopic (exact) mass is 488 g/mol. The van der Waals surface area contributed by atoms with Gasteiger partial charge in [0.25, 0.3) is 5.91 Å². The summed E-state index contributed by atoms with van der Waals surface area (Å²) in [6, 6.07) is 10.1. The smallest absolute Gasteiger partial charge is 0.416 e. The maximum absolute atomic E-state index is 14.2. The molecule has 0 aliphatic rings. The number of pyridine rings is 1. The minimum Gasteiger partial charge on any atom is -0.457 e. The molecule has 0 bridgehead atoms. The summed E-state index contributed by atoms with van der Waals surface area (Å²) in [6.07, 6.45) is -3.18. The van der Waals surface area contributed by atoms with Gasteiger partial charge in [-0.15, -0.1) is 0 Å². The van der Waals surface area contributed by atoms with E-state index in [4.69, 9.17) is 10.5 Å². The van der Waals surface area contributed by atoms with Crippen molar-refractivity contribution in [2.24, 2.45) is 12.8 Å². The zero-order valence-corrected chi connectivity index (χ0v) is 18.4. The van der Waals surface area contributed by atoms with Crippen molar-refractivity contribution in [2.45, 2.75) is 6.18 Å². The molecule has 0 aliphatic carbocycles. The number of halogens is 4. The second-order valence-electron chi connectivity index (χ2n) is 7.49. The van der Waals surface area contributed by atoms with E-state index >= 15 is 0 Å². The number of carbonyl (C=O) groups excluding carboxylic acids is 1. The number of benzene rings is 2. The Balaban J connectivity index is 1.58. The van der Waals surface area contributed by atoms with Gasteiger partial charge in [-0.3, -0.25) is 9.78 Å². The Morgan fingerprint density at radius 2 is 1.89 bits per heavy atom. The number of aromatic nitrogens is 3. The van der Waals surface area contributed by atoms with Crippen LogP contribution in [0.2, 0.25) is 0 Å². The molecule has 182 valence electrons. The van der Waals surface area contributed by atoms with Gasteiger partial charge in [-0.1, -0.05) is 0 Å². The maximum Gasteiger partial charge on any atom is 0.416 e. The maximum atomic E-state index is 14.2. The molecule has 0 saturated heterocycles. The lowest BCUT2D eigenvalue weighted by molar-refractivity contribution is -0.137. The highest BCUT2D eigenvalue weighted by Gasteiger charge is 2.31. The number of hydrogen-bond donors (Lipinski definition) is 3. The van der Waals surface area contributed by atoms with Crippen LogP contribution in [0.1, 0.15) is 16.1 Å². The predicted molar refractivity (Wildman–Crippen MR) is 121 cm³/mol. The molecule has 12 heteroatoms. The third-order valence-electron chi connectivity index (χ3n) is 5.02. The number of anilines is 2. The summed E-state index contributed by atoms with van der Waals surface area (Å²) in [4.78, 5) is 20.4. The molecular formula is C23H20F4N6O2. The summed E-state index contributed by atoms with van der Waals surface area (Å²) >= 11 is 0. The molecule has 0 radical (unpaired) electrons. The topological polar surface area (TPSA) is 107 Å². The molecule has 35 heavy (non-hydrogen) atoms. The Morgan fingerprint density at radius 1 is 1.11 bits per heavy atom. The van der Waals surface area contributed by atoms with Crippen LogP contribution in [0.3, 0.4) is 0 Å². The fourth-order valence-electron chi connectivity index (χ4n) is 3.28. The van der Waals surface area contributed by atoms with E-state index in [-0.39, 0.29) is 17.3 Å². The first-order valence-electron chi connectivity index (χ1n) is 10.4. The van der Waals surface area contributed by atoms with Crippen LogP contribution >= 0.6 is 0 Å². The lowest BCUT2D eigenvalue weighted by atomic mass is 10.2. The first kappa shape index (κ1) is 24.0. The van der Waals surface area contributed by atoms with Gasteiger partial charge in [0.1, 0.15) is 23.0 Å². The lowest BCUT2D eigenvalue weighted by Gasteiger charge is -2.11. The molecular weight excluding hydrogens is 468 g/mol. The zero-order chi connectivity index (χ0) is 25.2. The summed E-state index contributed by atoms with van der Waals surface area (Å²) in [5.74, 6) is -0.348. The summed E-state index contributed by atoms with van der Waals surface area (Å²) in [6.45, 7) is 0.603. The normalized spacial score (nSPS) is 11.5. The van der Waals surface area contributed by atoms with E-state index in [2.05, 4.69) is 20.6 Å². The average molecular weight is 488 g/mol. The Kier molecular flexibility index (Phi) is 6.56. The molecule has 4 aromatic rings. The Bertz CT molecular complexity index is 1390. The second-order valence-corrected chi connectivity index (χ2v) is 7.49. The second kappa shape index (κ2) is 9.58. The third-order valence-corrected chi connectivity index (χ3v) is 5.02. The Hall–Kier alpha value is -4.19. The number of hydrogen-bond acceptors (Lipinski definition) is 6. The van der Waals surface area contributed by atoms with Crippen LogP contribution in [-0.4, -0.2) is 33.5 Å². The van der Waals surface area contributed by atoms with Crippen molar-refractivity contribution in [1.82, 2.24) is 19.9 Å². The van der Waals surface area contributed by atoms with E-state index in [9.17, 15) is 22.4 Å². The van der Waals surface area contributed by atoms with E-state index in [0.29, 0.717) is 47.8 Å². The molecule has 1 amide bonds. The van der Waals surface area contributed by atoms with Gasteiger partial charge < -0.3 is 25.7 Å². The molecule has 2 aromatic carbocycles. The van der Waals surface area contributed by atoms with E-state index in [1.165, 1.54) is 12.3 Å². The summed E-state index contributed by atoms with van der Waals surface area (Å²) < 4.78 is 60.6. The first-order chi connectivity index (χ1) is 16.7. The summed E-state index contributed by atoms with van der Waals surface area (Å²) in [7, 11) is 1.64. The largest absolute Gasteiger partial charge is 0.457 e. The predicted octanol–water partition coefficient (Wildman–Crippen LogP) is 4.35. The van der Waals surface area contributed by atoms with Crippen LogP contribution in [-0.2, 0) is 13.2 Å². The van der Waals surface area contributed by atoms with Crippen LogP contribution in [0.4, 0.5) is 29.2 Å². The minimum absolute atomic E-state index is 0.137. The number of alkyl halides is 3. The first-order valence-corrected chi connectivity index (χ1v) is 10.4. The molecule has 0 spiro atoms. The molecule has 0 fully saturated rings. The van der Waals surface area contributed by atoms with Gasteiger partial charge in [-0.05, 0) is 36.4 Å². The van der Waals surface area contributed by atoms with E-state index in [1.54, 1.807) is 35.9 Å². The lowest BCUT2D eigenvalue weighted by Crippen LogP contribution is -2.29. The Morgan fingerprint density at radius 3 is 2.63 bits per heavy atom. The number of nitrogens with zero attached hydrogens (tertiary/aromatic N) is 3. The highest BCUT2D eigenvalue weighted by Crippen LogP contribution is 2.33. The van der Waals surface area contributed by atoms with Crippen molar-refractivity contribution in [3.8, 4) is 11.5 Å². The van der Waals surface area contributed by atoms with Gasteiger partial charge in [0.15, 0.2) is 0 Å². The van der Waals surface area contributed by atoms with Crippen molar-refractivity contribution < 1.29 is 27.1 Å². The number of ether oxygens (including phenoxy) is 1. The molecule has 0 saturated carbocycles. The van der Waals surface area contributed by atoms with Gasteiger partial charge in [-0.2, -0.15) is 13.2 Å². The van der Waals surface area contributed by atoms with E-state index in [1.807, 2.05) is 0 Å². The highest BCUT2D eigenvalue weighted by atomic mass is 19.4. The third kappa shape index (κ3) is 5.32. The summed E-state index contributed by atoms with van der Waals surface area (Å²) in [5, 5.41) is 5.24. The van der Waals surface area contributed by atoms with E-state index < -0.39 is 23.5 Å². The molecule has 2 aromatic heterocycles. The fourth-order valence-corrected chi connectivity index (χ4v) is 3.28. The van der Waals surface area contributed by atoms with Crippen molar-refractivity contribution in [2.75, 3.05) is 18.4 Å². The van der Waals surface area contributed by atoms with Crippen LogP contribution in [0.5, 0.6) is 11.5 Å². The molecule has 4 rings (SSSR count). The highest BCUT2D eigenvalue weighted by molar-refractivity contribution is 5.92. The number of amides is 1. The SMILES string of the molecule is Cn1c(Nc2cc(C(F)(F)F)ccc2F)nc2cc(Oc3ccnc(C(=O)NCCN)c3)ccc21. The Labute approximate surface area is 196 Å². The minimum atomic E-state index is -4.61. The van der Waals surface area contributed by atoms with Crippen molar-refractivity contribution >= 4 is 28.6 Å². The molecule has 4 N–H and O–H groups in total. The summed E-state index contributed by atoms with van der Waals surface area (Å²) in [5.41, 5.74) is 5.29. The van der Waals surface area contributed by atoms with Crippen molar-refractivity contribution in [3.05, 3.63) is 71.8 Å². The van der Waals surface area contributed by atoms with Crippen LogP contribution < -0.4 is 21.1 Å². The average Bonchev–Trinajstić information content (AvgIpc) is 3.12. The number of nitrogens with two attached hydrogens (primary N) is 1. The number of rotatable bonds is 7. The van der Waals surface area contributed by atoms with Gasteiger partial charge >= 0.3 is 6.18 Å². The van der Waals surface area contributed by atoms with Gasteiger partial charge in [-0.25, -0.2) is 9.37 Å². The molecule has 8 nitrogen and oxygen atoms in total. The number of fused-ring (bicyclic) bond motifs is 1. The van der Waals surface area contributed by atoms with E-state index in [0.717, 1.165) is 6.07 Å². The van der Waals surface area contributed by atoms with Gasteiger partial charge in [0, 0.05) is 38.5 Å². The van der Waals surface area contributed by atoms with Gasteiger partial charge in [0.05, 0.1) is 22.3 Å². The van der Waals surface area contributed by atoms with Gasteiger partial charge in [0.2, 0.25) is 5.95 Å². The quantitative estimate of drug-likeness (QED) is 0.334. The number of carbonyl (C=O) groups is 1. The number of nitrogens with one attached hydrogen (secondary N) is 2. The number of aryl methyl sites for hydroxylation is 1. The number of imidazole rings is 1. The van der Waals surface area contributed by atoms with Crippen LogP contribution in [0.15, 0.2) is 54.7 Å². The molecule has 2 heterocycles. The zero-order valence-electron chi connectivity index (χ0n) is 18.4. The molecule has 0 atom stereocenters. The van der Waals surface area contributed by atoms with Crippen molar-refractivity contribution in [3.63, 3.8) is 0 Å². The fraction of sp³-hybridized carbons (Fsp3) is 0.174. The molecule has 0 unspecified atom stereocenters. The van der Waals surface area contributed by atoms with Crippen LogP contribution in [0.25, 0.3) is 11.0 Å². The standard InChI is InChI=1S/C23H20F4N6O2/c1-33-20-5-3-14(35-15-6-8-29-19(12-15)21(34)30-9-7-28)11-18(20)32-22(33)31-17-10-13(23(25,26)27)2-4-16(17)24/h2-6,8,10-12H,7,9,28H2,1H3,(H,30,34)(H,31,32).